The number of nitrogen functional groups attached to an aromatic ring is 1. The summed E-state index contributed by atoms with van der Waals surface area (Å²) in [6.45, 7) is 0.114. The van der Waals surface area contributed by atoms with E-state index in [2.05, 4.69) is 0 Å². The van der Waals surface area contributed by atoms with E-state index in [9.17, 15) is 4.79 Å². The number of benzene rings is 3. The van der Waals surface area contributed by atoms with Crippen LogP contribution >= 0.6 is 0 Å². The maximum Gasteiger partial charge on any atom is 0.344 e. The molecule has 8 heteroatoms. The van der Waals surface area contributed by atoms with E-state index in [4.69, 9.17) is 29.9 Å². The van der Waals surface area contributed by atoms with Gasteiger partial charge in [-0.3, -0.25) is 4.57 Å². The van der Waals surface area contributed by atoms with Crippen LogP contribution in [0.1, 0.15) is 15.9 Å². The molecule has 0 fully saturated rings. The minimum Gasteiger partial charge on any atom is -0.493 e. The number of esters is 1. The summed E-state index contributed by atoms with van der Waals surface area (Å²) in [5.41, 5.74) is 10.4. The number of carbonyl (C=O) groups excluding carboxylic acids is 1. The van der Waals surface area contributed by atoms with Crippen LogP contribution in [0.3, 0.4) is 0 Å². The highest BCUT2D eigenvalue weighted by molar-refractivity contribution is 6.09. The van der Waals surface area contributed by atoms with Crippen LogP contribution in [0.25, 0.3) is 27.9 Å². The van der Waals surface area contributed by atoms with Gasteiger partial charge in [0.2, 0.25) is 0 Å². The van der Waals surface area contributed by atoms with Crippen LogP contribution in [0, 0.1) is 0 Å². The highest BCUT2D eigenvalue weighted by Crippen LogP contribution is 2.35. The lowest BCUT2D eigenvalue weighted by Gasteiger charge is -2.12. The molecule has 34 heavy (non-hydrogen) atoms. The summed E-state index contributed by atoms with van der Waals surface area (Å²) in [7, 11) is 3.12. The lowest BCUT2D eigenvalue weighted by molar-refractivity contribution is 0.0476. The largest absolute Gasteiger partial charge is 0.493 e. The Kier molecular flexibility index (Phi) is 5.47. The minimum absolute atomic E-state index is 0.114. The number of methoxy groups -OCH3 is 2. The fourth-order valence-electron chi connectivity index (χ4n) is 3.88. The number of fused-ring (bicyclic) bond motifs is 2. The van der Waals surface area contributed by atoms with Gasteiger partial charge in [-0.05, 0) is 29.8 Å². The van der Waals surface area contributed by atoms with Gasteiger partial charge in [-0.15, -0.1) is 0 Å². The molecule has 2 aromatic heterocycles. The Morgan fingerprint density at radius 3 is 2.26 bits per heavy atom. The van der Waals surface area contributed by atoms with Crippen molar-refractivity contribution in [2.24, 2.45) is 0 Å². The summed E-state index contributed by atoms with van der Waals surface area (Å²) in [4.78, 5) is 22.7. The molecule has 0 aliphatic heterocycles. The van der Waals surface area contributed by atoms with Gasteiger partial charge in [-0.2, -0.15) is 0 Å². The first-order valence-electron chi connectivity index (χ1n) is 10.6. The topological polar surface area (TPSA) is 101 Å². The molecular weight excluding hydrogens is 432 g/mol. The van der Waals surface area contributed by atoms with E-state index in [1.807, 2.05) is 60.7 Å². The number of nitrogens with two attached hydrogens (primary N) is 1. The van der Waals surface area contributed by atoms with Crippen LogP contribution < -0.4 is 15.2 Å². The first-order chi connectivity index (χ1) is 16.6. The molecule has 3 aromatic carbocycles. The molecule has 170 valence electrons. The van der Waals surface area contributed by atoms with Gasteiger partial charge in [0.05, 0.1) is 30.9 Å². The van der Waals surface area contributed by atoms with E-state index in [1.54, 1.807) is 30.9 Å². The molecule has 5 rings (SSSR count). The normalized spacial score (nSPS) is 11.0. The molecule has 0 bridgehead atoms. The zero-order valence-electron chi connectivity index (χ0n) is 18.7. The Labute approximate surface area is 195 Å². The van der Waals surface area contributed by atoms with Gasteiger partial charge in [0.15, 0.2) is 17.1 Å². The quantitative estimate of drug-likeness (QED) is 0.376. The number of para-hydroxylation sites is 2. The molecule has 2 N–H and O–H groups in total. The van der Waals surface area contributed by atoms with Crippen molar-refractivity contribution in [3.8, 4) is 17.2 Å². The van der Waals surface area contributed by atoms with Gasteiger partial charge >= 0.3 is 5.97 Å². The molecule has 0 unspecified atom stereocenters. The molecule has 0 aliphatic rings. The van der Waals surface area contributed by atoms with Gasteiger partial charge in [-0.25, -0.2) is 14.8 Å². The van der Waals surface area contributed by atoms with Crippen LogP contribution in [-0.2, 0) is 11.3 Å². The second kappa shape index (κ2) is 8.74. The molecule has 0 saturated heterocycles. The molecule has 0 amide bonds. The number of rotatable bonds is 6. The standard InChI is InChI=1S/C26H22N4O4/c1-32-20-13-12-17(14-21(20)33-2)30-24(27)22(26(31)34-15-16-8-4-3-5-9-16)23-25(30)29-19-11-7-6-10-18(19)28-23/h3-14H,15,27H2,1-2H3. The highest BCUT2D eigenvalue weighted by Gasteiger charge is 2.26. The average Bonchev–Trinajstić information content (AvgIpc) is 3.16. The molecule has 0 radical (unpaired) electrons. The lowest BCUT2D eigenvalue weighted by Crippen LogP contribution is -2.09. The van der Waals surface area contributed by atoms with Crippen molar-refractivity contribution in [2.45, 2.75) is 6.61 Å². The number of hydrogen-bond acceptors (Lipinski definition) is 7. The molecule has 0 saturated carbocycles. The number of carbonyl (C=O) groups is 1. The lowest BCUT2D eigenvalue weighted by atomic mass is 10.2. The van der Waals surface area contributed by atoms with Crippen molar-refractivity contribution in [3.05, 3.63) is 83.9 Å². The SMILES string of the molecule is COc1ccc(-n2c(N)c(C(=O)OCc3ccccc3)c3nc4ccccc4nc32)cc1OC. The number of hydrogen-bond donors (Lipinski definition) is 1. The summed E-state index contributed by atoms with van der Waals surface area (Å²) < 4.78 is 18.1. The zero-order valence-corrected chi connectivity index (χ0v) is 18.7. The summed E-state index contributed by atoms with van der Waals surface area (Å²) in [5, 5.41) is 0. The van der Waals surface area contributed by atoms with Crippen LogP contribution in [0.4, 0.5) is 5.82 Å². The molecule has 0 aliphatic carbocycles. The molecule has 0 spiro atoms. The first-order valence-corrected chi connectivity index (χ1v) is 10.6. The van der Waals surface area contributed by atoms with Gasteiger partial charge in [0.25, 0.3) is 0 Å². The first kappa shape index (κ1) is 21.3. The fourth-order valence-corrected chi connectivity index (χ4v) is 3.88. The summed E-state index contributed by atoms with van der Waals surface area (Å²) in [5.74, 6) is 0.689. The van der Waals surface area contributed by atoms with E-state index in [0.717, 1.165) is 5.56 Å². The second-order valence-corrected chi connectivity index (χ2v) is 7.58. The van der Waals surface area contributed by atoms with Crippen molar-refractivity contribution in [2.75, 3.05) is 20.0 Å². The number of anilines is 1. The van der Waals surface area contributed by atoms with Crippen LogP contribution in [0.2, 0.25) is 0 Å². The summed E-state index contributed by atoms with van der Waals surface area (Å²) in [6, 6.07) is 22.2. The van der Waals surface area contributed by atoms with Gasteiger partial charge < -0.3 is 19.9 Å². The molecule has 2 heterocycles. The summed E-state index contributed by atoms with van der Waals surface area (Å²) in [6.07, 6.45) is 0. The van der Waals surface area contributed by atoms with Crippen molar-refractivity contribution in [1.29, 1.82) is 0 Å². The van der Waals surface area contributed by atoms with Crippen molar-refractivity contribution in [1.82, 2.24) is 14.5 Å². The molecule has 8 nitrogen and oxygen atoms in total. The number of ether oxygens (including phenoxy) is 3. The van der Waals surface area contributed by atoms with Crippen molar-refractivity contribution >= 4 is 34.0 Å². The van der Waals surface area contributed by atoms with Crippen molar-refractivity contribution in [3.63, 3.8) is 0 Å². The van der Waals surface area contributed by atoms with Crippen LogP contribution in [0.15, 0.2) is 72.8 Å². The third-order valence-electron chi connectivity index (χ3n) is 5.54. The Morgan fingerprint density at radius 1 is 0.882 bits per heavy atom. The molecular formula is C26H22N4O4. The highest BCUT2D eigenvalue weighted by atomic mass is 16.5. The Bertz CT molecular complexity index is 1510. The van der Waals surface area contributed by atoms with Crippen LogP contribution in [-0.4, -0.2) is 34.7 Å². The monoisotopic (exact) mass is 454 g/mol. The molecule has 5 aromatic rings. The van der Waals surface area contributed by atoms with Gasteiger partial charge in [0.1, 0.15) is 23.5 Å². The van der Waals surface area contributed by atoms with E-state index in [0.29, 0.717) is 39.4 Å². The minimum atomic E-state index is -0.574. The maximum atomic E-state index is 13.2. The Morgan fingerprint density at radius 2 is 1.56 bits per heavy atom. The number of nitrogens with zero attached hydrogens (tertiary/aromatic N) is 3. The number of aromatic nitrogens is 3. The zero-order chi connectivity index (χ0) is 23.7. The Balaban J connectivity index is 1.69. The average molecular weight is 454 g/mol. The fraction of sp³-hybridized carbons (Fsp3) is 0.115. The second-order valence-electron chi connectivity index (χ2n) is 7.58. The molecule has 0 atom stereocenters. The predicted octanol–water partition coefficient (Wildman–Crippen LogP) is 4.53. The van der Waals surface area contributed by atoms with Crippen molar-refractivity contribution < 1.29 is 19.0 Å². The summed E-state index contributed by atoms with van der Waals surface area (Å²) >= 11 is 0. The van der Waals surface area contributed by atoms with Gasteiger partial charge in [-0.1, -0.05) is 42.5 Å². The van der Waals surface area contributed by atoms with E-state index >= 15 is 0 Å². The van der Waals surface area contributed by atoms with Crippen LogP contribution in [0.5, 0.6) is 11.5 Å². The van der Waals surface area contributed by atoms with E-state index in [-0.39, 0.29) is 18.0 Å². The third-order valence-corrected chi connectivity index (χ3v) is 5.54. The third kappa shape index (κ3) is 3.65. The smallest absolute Gasteiger partial charge is 0.344 e. The maximum absolute atomic E-state index is 13.2. The van der Waals surface area contributed by atoms with Gasteiger partial charge in [0, 0.05) is 6.07 Å². The van der Waals surface area contributed by atoms with E-state index in [1.165, 1.54) is 0 Å². The Hall–Kier alpha value is -4.59. The predicted molar refractivity (Wildman–Crippen MR) is 129 cm³/mol. The van der Waals surface area contributed by atoms with E-state index < -0.39 is 5.97 Å².